The fourth-order valence-electron chi connectivity index (χ4n) is 2.97. The molecule has 3 heteroatoms. The Kier molecular flexibility index (Phi) is 4.66. The molecule has 2 unspecified atom stereocenters. The van der Waals surface area contributed by atoms with E-state index in [2.05, 4.69) is 31.0 Å². The number of carbonyl (C=O) groups is 1. The highest BCUT2D eigenvalue weighted by molar-refractivity contribution is 5.79. The van der Waals surface area contributed by atoms with E-state index in [-0.39, 0.29) is 5.92 Å². The Morgan fingerprint density at radius 3 is 2.50 bits per heavy atom. The molecule has 104 valence electrons. The Hall–Kier alpha value is -0.570. The average molecular weight is 252 g/mol. The summed E-state index contributed by atoms with van der Waals surface area (Å²) in [4.78, 5) is 14.7. The molecule has 1 saturated heterocycles. The van der Waals surface area contributed by atoms with Crippen molar-refractivity contribution in [3.8, 4) is 0 Å². The van der Waals surface area contributed by atoms with Crippen molar-refractivity contribution in [2.45, 2.75) is 52.5 Å². The summed E-state index contributed by atoms with van der Waals surface area (Å²) >= 11 is 0. The van der Waals surface area contributed by atoms with Crippen LogP contribution in [0.25, 0.3) is 0 Å². The van der Waals surface area contributed by atoms with Gasteiger partial charge in [0.1, 0.15) is 0 Å². The summed E-state index contributed by atoms with van der Waals surface area (Å²) < 4.78 is 0. The summed E-state index contributed by atoms with van der Waals surface area (Å²) in [5.41, 5.74) is 0. The number of rotatable bonds is 5. The molecule has 0 aromatic heterocycles. The van der Waals surface area contributed by atoms with E-state index < -0.39 is 0 Å². The lowest BCUT2D eigenvalue weighted by Crippen LogP contribution is -2.46. The van der Waals surface area contributed by atoms with Crippen LogP contribution in [0.3, 0.4) is 0 Å². The first-order valence-electron chi connectivity index (χ1n) is 7.60. The van der Waals surface area contributed by atoms with Crippen molar-refractivity contribution in [1.82, 2.24) is 10.2 Å². The molecule has 0 aromatic rings. The zero-order valence-corrected chi connectivity index (χ0v) is 12.1. The molecule has 2 aliphatic rings. The number of nitrogens with zero attached hydrogens (tertiary/aromatic N) is 1. The Morgan fingerprint density at radius 2 is 2.00 bits per heavy atom. The number of carbonyl (C=O) groups excluding carboxylic acids is 1. The maximum atomic E-state index is 12.5. The fourth-order valence-corrected chi connectivity index (χ4v) is 2.97. The monoisotopic (exact) mass is 252 g/mol. The van der Waals surface area contributed by atoms with Crippen molar-refractivity contribution in [1.29, 1.82) is 0 Å². The van der Waals surface area contributed by atoms with Crippen LogP contribution in [0.15, 0.2) is 0 Å². The fraction of sp³-hybridized carbons (Fsp3) is 0.933. The van der Waals surface area contributed by atoms with Gasteiger partial charge < -0.3 is 10.2 Å². The van der Waals surface area contributed by atoms with E-state index in [1.807, 2.05) is 0 Å². The second kappa shape index (κ2) is 6.05. The zero-order valence-electron chi connectivity index (χ0n) is 12.1. The maximum Gasteiger partial charge on any atom is 0.225 e. The van der Waals surface area contributed by atoms with Crippen LogP contribution in [0.2, 0.25) is 0 Å². The highest BCUT2D eigenvalue weighted by atomic mass is 16.2. The molecule has 1 saturated carbocycles. The van der Waals surface area contributed by atoms with Gasteiger partial charge in [-0.2, -0.15) is 0 Å². The van der Waals surface area contributed by atoms with E-state index in [0.29, 0.717) is 23.8 Å². The maximum absolute atomic E-state index is 12.5. The van der Waals surface area contributed by atoms with Crippen molar-refractivity contribution in [3.63, 3.8) is 0 Å². The van der Waals surface area contributed by atoms with Crippen LogP contribution >= 0.6 is 0 Å². The normalized spacial score (nSPS) is 26.1. The largest absolute Gasteiger partial charge is 0.340 e. The summed E-state index contributed by atoms with van der Waals surface area (Å²) in [6, 6.07) is 0.334. The summed E-state index contributed by atoms with van der Waals surface area (Å²) in [5.74, 6) is 1.95. The molecule has 2 atom stereocenters. The lowest BCUT2D eigenvalue weighted by atomic mass is 9.97. The van der Waals surface area contributed by atoms with E-state index in [1.54, 1.807) is 0 Å². The molecule has 1 N–H and O–H groups in total. The molecule has 2 fully saturated rings. The first kappa shape index (κ1) is 13.9. The molecule has 2 rings (SSSR count). The van der Waals surface area contributed by atoms with E-state index in [4.69, 9.17) is 0 Å². The van der Waals surface area contributed by atoms with Gasteiger partial charge in [0.05, 0.1) is 0 Å². The highest BCUT2D eigenvalue weighted by Gasteiger charge is 2.36. The molecule has 1 heterocycles. The molecule has 1 aliphatic heterocycles. The SMILES string of the molecule is CC(C(=O)N(CC1CCCNC1)C(C)C)C1CC1. The van der Waals surface area contributed by atoms with Gasteiger partial charge in [-0.3, -0.25) is 4.79 Å². The van der Waals surface area contributed by atoms with Crippen molar-refractivity contribution >= 4 is 5.91 Å². The Labute approximate surface area is 111 Å². The molecule has 18 heavy (non-hydrogen) atoms. The Bertz CT molecular complexity index is 280. The van der Waals surface area contributed by atoms with Gasteiger partial charge in [-0.05, 0) is 64.5 Å². The number of amides is 1. The predicted octanol–water partition coefficient (Wildman–Crippen LogP) is 2.27. The van der Waals surface area contributed by atoms with E-state index >= 15 is 0 Å². The standard InChI is InChI=1S/C15H28N2O/c1-11(2)17(10-13-5-4-8-16-9-13)15(18)12(3)14-6-7-14/h11-14,16H,4-10H2,1-3H3. The third-order valence-corrected chi connectivity index (χ3v) is 4.48. The van der Waals surface area contributed by atoms with Gasteiger partial charge in [-0.25, -0.2) is 0 Å². The third kappa shape index (κ3) is 3.47. The van der Waals surface area contributed by atoms with E-state index in [0.717, 1.165) is 19.6 Å². The smallest absolute Gasteiger partial charge is 0.225 e. The topological polar surface area (TPSA) is 32.3 Å². The minimum atomic E-state index is 0.240. The number of hydrogen-bond donors (Lipinski definition) is 1. The van der Waals surface area contributed by atoms with E-state index in [9.17, 15) is 4.79 Å². The van der Waals surface area contributed by atoms with Crippen LogP contribution in [0.1, 0.15) is 46.5 Å². The minimum Gasteiger partial charge on any atom is -0.340 e. The molecule has 0 spiro atoms. The first-order chi connectivity index (χ1) is 8.59. The molecular formula is C15H28N2O. The average Bonchev–Trinajstić information content (AvgIpc) is 3.19. The molecule has 0 radical (unpaired) electrons. The number of piperidine rings is 1. The van der Waals surface area contributed by atoms with Crippen LogP contribution in [-0.4, -0.2) is 36.5 Å². The van der Waals surface area contributed by atoms with Gasteiger partial charge in [0.25, 0.3) is 0 Å². The second-order valence-corrected chi connectivity index (χ2v) is 6.42. The van der Waals surface area contributed by atoms with Crippen molar-refractivity contribution in [3.05, 3.63) is 0 Å². The van der Waals surface area contributed by atoms with Gasteiger partial charge in [0.2, 0.25) is 5.91 Å². The van der Waals surface area contributed by atoms with Gasteiger partial charge in [0, 0.05) is 18.5 Å². The quantitative estimate of drug-likeness (QED) is 0.814. The van der Waals surface area contributed by atoms with Crippen LogP contribution in [0.4, 0.5) is 0 Å². The summed E-state index contributed by atoms with van der Waals surface area (Å²) in [6.45, 7) is 9.58. The predicted molar refractivity (Wildman–Crippen MR) is 74.3 cm³/mol. The number of nitrogens with one attached hydrogen (secondary N) is 1. The molecule has 3 nitrogen and oxygen atoms in total. The summed E-state index contributed by atoms with van der Waals surface area (Å²) in [7, 11) is 0. The number of hydrogen-bond acceptors (Lipinski definition) is 2. The van der Waals surface area contributed by atoms with Gasteiger partial charge in [-0.15, -0.1) is 0 Å². The summed E-state index contributed by atoms with van der Waals surface area (Å²) in [6.07, 6.45) is 5.03. The lowest BCUT2D eigenvalue weighted by molar-refractivity contribution is -0.138. The second-order valence-electron chi connectivity index (χ2n) is 6.42. The third-order valence-electron chi connectivity index (χ3n) is 4.48. The van der Waals surface area contributed by atoms with Gasteiger partial charge in [-0.1, -0.05) is 6.92 Å². The van der Waals surface area contributed by atoms with Gasteiger partial charge in [0.15, 0.2) is 0 Å². The van der Waals surface area contributed by atoms with Crippen LogP contribution in [-0.2, 0) is 4.79 Å². The van der Waals surface area contributed by atoms with Gasteiger partial charge >= 0.3 is 0 Å². The first-order valence-corrected chi connectivity index (χ1v) is 7.60. The summed E-state index contributed by atoms with van der Waals surface area (Å²) in [5, 5.41) is 3.44. The molecule has 0 aromatic carbocycles. The van der Waals surface area contributed by atoms with Crippen LogP contribution in [0.5, 0.6) is 0 Å². The Balaban J connectivity index is 1.91. The molecule has 1 aliphatic carbocycles. The molecule has 1 amide bonds. The van der Waals surface area contributed by atoms with Crippen molar-refractivity contribution in [2.24, 2.45) is 17.8 Å². The molecule has 0 bridgehead atoms. The van der Waals surface area contributed by atoms with Crippen LogP contribution in [0, 0.1) is 17.8 Å². The van der Waals surface area contributed by atoms with Crippen LogP contribution < -0.4 is 5.32 Å². The van der Waals surface area contributed by atoms with Crippen molar-refractivity contribution in [2.75, 3.05) is 19.6 Å². The minimum absolute atomic E-state index is 0.240. The lowest BCUT2D eigenvalue weighted by Gasteiger charge is -2.34. The zero-order chi connectivity index (χ0) is 13.1. The van der Waals surface area contributed by atoms with Crippen molar-refractivity contribution < 1.29 is 4.79 Å². The highest BCUT2D eigenvalue weighted by Crippen LogP contribution is 2.37. The van der Waals surface area contributed by atoms with E-state index in [1.165, 1.54) is 25.7 Å². The Morgan fingerprint density at radius 1 is 1.28 bits per heavy atom. The molecular weight excluding hydrogens is 224 g/mol.